The molecule has 0 aliphatic rings. The topological polar surface area (TPSA) is 111 Å². The van der Waals surface area contributed by atoms with E-state index in [4.69, 9.17) is 10.00 Å². The van der Waals surface area contributed by atoms with Crippen molar-refractivity contribution in [2.24, 2.45) is 0 Å². The lowest BCUT2D eigenvalue weighted by atomic mass is 10.1. The van der Waals surface area contributed by atoms with Gasteiger partial charge in [-0.25, -0.2) is 0 Å². The van der Waals surface area contributed by atoms with Gasteiger partial charge in [0.25, 0.3) is 5.91 Å². The maximum absolute atomic E-state index is 11.8. The molecule has 0 unspecified atom stereocenters. The molecule has 0 heterocycles. The molecule has 0 atom stereocenters. The Hall–Kier alpha value is -3.01. The van der Waals surface area contributed by atoms with Crippen LogP contribution in [0.3, 0.4) is 0 Å². The SMILES string of the molecule is CCOC(=O)CN/C=C(/C#N)C(=O)NCCc1ccc(O)cc1. The summed E-state index contributed by atoms with van der Waals surface area (Å²) >= 11 is 0. The third-order valence-electron chi connectivity index (χ3n) is 2.80. The number of carbonyl (C=O) groups excluding carboxylic acids is 2. The second-order valence-corrected chi connectivity index (χ2v) is 4.53. The normalized spacial score (nSPS) is 10.5. The highest BCUT2D eigenvalue weighted by Gasteiger charge is 2.08. The first-order valence-electron chi connectivity index (χ1n) is 7.12. The van der Waals surface area contributed by atoms with Crippen LogP contribution in [0, 0.1) is 11.3 Å². The maximum Gasteiger partial charge on any atom is 0.325 e. The van der Waals surface area contributed by atoms with Crippen molar-refractivity contribution in [3.05, 3.63) is 41.6 Å². The molecular formula is C16H19N3O4. The predicted molar refractivity (Wildman–Crippen MR) is 83.2 cm³/mol. The number of amides is 1. The summed E-state index contributed by atoms with van der Waals surface area (Å²) in [7, 11) is 0. The molecule has 7 nitrogen and oxygen atoms in total. The molecule has 0 bridgehead atoms. The highest BCUT2D eigenvalue weighted by atomic mass is 16.5. The molecule has 3 N–H and O–H groups in total. The van der Waals surface area contributed by atoms with Crippen LogP contribution < -0.4 is 10.6 Å². The Morgan fingerprint density at radius 2 is 2.04 bits per heavy atom. The summed E-state index contributed by atoms with van der Waals surface area (Å²) < 4.78 is 4.71. The molecule has 0 aliphatic heterocycles. The Morgan fingerprint density at radius 1 is 1.35 bits per heavy atom. The van der Waals surface area contributed by atoms with Crippen molar-refractivity contribution >= 4 is 11.9 Å². The van der Waals surface area contributed by atoms with Crippen molar-refractivity contribution in [2.45, 2.75) is 13.3 Å². The van der Waals surface area contributed by atoms with Gasteiger partial charge in [-0.15, -0.1) is 0 Å². The number of rotatable bonds is 8. The number of nitrogens with one attached hydrogen (secondary N) is 2. The van der Waals surface area contributed by atoms with Crippen molar-refractivity contribution in [3.63, 3.8) is 0 Å². The van der Waals surface area contributed by atoms with Crippen molar-refractivity contribution in [1.29, 1.82) is 5.26 Å². The number of esters is 1. The Kier molecular flexibility index (Phi) is 7.72. The Balaban J connectivity index is 2.39. The van der Waals surface area contributed by atoms with Crippen LogP contribution in [-0.4, -0.2) is 36.7 Å². The molecule has 1 aromatic rings. The average molecular weight is 317 g/mol. The maximum atomic E-state index is 11.8. The molecule has 1 rings (SSSR count). The molecule has 0 saturated carbocycles. The molecule has 1 aromatic carbocycles. The standard InChI is InChI=1S/C16H19N3O4/c1-2-23-15(21)11-18-10-13(9-17)16(22)19-8-7-12-3-5-14(20)6-4-12/h3-6,10,18,20H,2,7-8,11H2,1H3,(H,19,22)/b13-10-. The molecule has 7 heteroatoms. The van der Waals surface area contributed by atoms with E-state index in [0.717, 1.165) is 5.56 Å². The molecule has 0 radical (unpaired) electrons. The van der Waals surface area contributed by atoms with Gasteiger partial charge in [0.1, 0.15) is 23.9 Å². The van der Waals surface area contributed by atoms with Crippen molar-refractivity contribution in [3.8, 4) is 11.8 Å². The molecule has 0 aliphatic carbocycles. The van der Waals surface area contributed by atoms with E-state index in [1.54, 1.807) is 37.3 Å². The number of phenols is 1. The summed E-state index contributed by atoms with van der Waals surface area (Å²) in [6, 6.07) is 8.40. The van der Waals surface area contributed by atoms with Gasteiger partial charge in [-0.1, -0.05) is 12.1 Å². The van der Waals surface area contributed by atoms with E-state index in [2.05, 4.69) is 10.6 Å². The molecular weight excluding hydrogens is 298 g/mol. The number of nitriles is 1. The third-order valence-corrected chi connectivity index (χ3v) is 2.80. The first-order chi connectivity index (χ1) is 11.1. The van der Waals surface area contributed by atoms with Gasteiger partial charge in [0.2, 0.25) is 0 Å². The first kappa shape index (κ1) is 18.0. The van der Waals surface area contributed by atoms with Crippen LogP contribution in [0.5, 0.6) is 5.75 Å². The molecule has 1 amide bonds. The zero-order valence-electron chi connectivity index (χ0n) is 12.8. The van der Waals surface area contributed by atoms with Crippen LogP contribution in [0.15, 0.2) is 36.0 Å². The second kappa shape index (κ2) is 9.84. The number of phenolic OH excluding ortho intramolecular Hbond substituents is 1. The van der Waals surface area contributed by atoms with Crippen LogP contribution >= 0.6 is 0 Å². The van der Waals surface area contributed by atoms with Gasteiger partial charge in [-0.05, 0) is 31.0 Å². The molecule has 122 valence electrons. The van der Waals surface area contributed by atoms with E-state index in [1.165, 1.54) is 6.20 Å². The fourth-order valence-corrected chi connectivity index (χ4v) is 1.68. The van der Waals surface area contributed by atoms with Gasteiger partial charge < -0.3 is 20.5 Å². The van der Waals surface area contributed by atoms with Gasteiger partial charge in [0.05, 0.1) is 6.61 Å². The van der Waals surface area contributed by atoms with Gasteiger partial charge >= 0.3 is 5.97 Å². The lowest BCUT2D eigenvalue weighted by molar-refractivity contribution is -0.141. The zero-order valence-corrected chi connectivity index (χ0v) is 12.8. The Labute approximate surface area is 134 Å². The summed E-state index contributed by atoms with van der Waals surface area (Å²) in [4.78, 5) is 22.9. The van der Waals surface area contributed by atoms with E-state index in [9.17, 15) is 14.7 Å². The number of carbonyl (C=O) groups is 2. The van der Waals surface area contributed by atoms with E-state index < -0.39 is 11.9 Å². The number of aromatic hydroxyl groups is 1. The number of hydrogen-bond donors (Lipinski definition) is 3. The van der Waals surface area contributed by atoms with Crippen molar-refractivity contribution in [2.75, 3.05) is 19.7 Å². The van der Waals surface area contributed by atoms with Gasteiger partial charge in [0, 0.05) is 12.7 Å². The van der Waals surface area contributed by atoms with E-state index >= 15 is 0 Å². The quantitative estimate of drug-likeness (QED) is 0.368. The average Bonchev–Trinajstić information content (AvgIpc) is 2.53. The predicted octanol–water partition coefficient (Wildman–Crippen LogP) is 0.611. The Bertz CT molecular complexity index is 603. The summed E-state index contributed by atoms with van der Waals surface area (Å²) in [5.41, 5.74) is 0.825. The number of ether oxygens (including phenoxy) is 1. The molecule has 0 saturated heterocycles. The van der Waals surface area contributed by atoms with E-state index in [-0.39, 0.29) is 24.5 Å². The minimum Gasteiger partial charge on any atom is -0.508 e. The molecule has 0 aromatic heterocycles. The summed E-state index contributed by atoms with van der Waals surface area (Å²) in [6.45, 7) is 2.20. The molecule has 23 heavy (non-hydrogen) atoms. The smallest absolute Gasteiger partial charge is 0.325 e. The molecule has 0 fully saturated rings. The first-order valence-corrected chi connectivity index (χ1v) is 7.12. The lowest BCUT2D eigenvalue weighted by Gasteiger charge is -2.05. The fourth-order valence-electron chi connectivity index (χ4n) is 1.68. The summed E-state index contributed by atoms with van der Waals surface area (Å²) in [5.74, 6) is -0.809. The van der Waals surface area contributed by atoms with Crippen LogP contribution in [-0.2, 0) is 20.7 Å². The largest absolute Gasteiger partial charge is 0.508 e. The third kappa shape index (κ3) is 7.00. The fraction of sp³-hybridized carbons (Fsp3) is 0.312. The minimum atomic E-state index is -0.525. The van der Waals surface area contributed by atoms with Gasteiger partial charge in [0.15, 0.2) is 0 Å². The summed E-state index contributed by atoms with van der Waals surface area (Å²) in [5, 5.41) is 23.3. The monoisotopic (exact) mass is 317 g/mol. The highest BCUT2D eigenvalue weighted by Crippen LogP contribution is 2.09. The number of benzene rings is 1. The Morgan fingerprint density at radius 3 is 2.65 bits per heavy atom. The highest BCUT2D eigenvalue weighted by molar-refractivity contribution is 5.97. The van der Waals surface area contributed by atoms with Crippen molar-refractivity contribution in [1.82, 2.24) is 10.6 Å². The second-order valence-electron chi connectivity index (χ2n) is 4.53. The van der Waals surface area contributed by atoms with Crippen LogP contribution in [0.4, 0.5) is 0 Å². The van der Waals surface area contributed by atoms with Gasteiger partial charge in [-0.3, -0.25) is 9.59 Å². The lowest BCUT2D eigenvalue weighted by Crippen LogP contribution is -2.28. The van der Waals surface area contributed by atoms with Gasteiger partial charge in [-0.2, -0.15) is 5.26 Å². The summed E-state index contributed by atoms with van der Waals surface area (Å²) in [6.07, 6.45) is 1.76. The zero-order chi connectivity index (χ0) is 17.1. The van der Waals surface area contributed by atoms with Crippen molar-refractivity contribution < 1.29 is 19.4 Å². The number of nitrogens with zero attached hydrogens (tertiary/aromatic N) is 1. The number of hydrogen-bond acceptors (Lipinski definition) is 6. The minimum absolute atomic E-state index is 0.111. The van der Waals surface area contributed by atoms with Crippen LogP contribution in [0.1, 0.15) is 12.5 Å². The van der Waals surface area contributed by atoms with E-state index in [0.29, 0.717) is 13.0 Å². The van der Waals surface area contributed by atoms with Crippen LogP contribution in [0.2, 0.25) is 0 Å². The van der Waals surface area contributed by atoms with E-state index in [1.807, 2.05) is 0 Å². The molecule has 0 spiro atoms. The van der Waals surface area contributed by atoms with Crippen LogP contribution in [0.25, 0.3) is 0 Å².